The van der Waals surface area contributed by atoms with Crippen molar-refractivity contribution >= 4 is 34.0 Å². The van der Waals surface area contributed by atoms with E-state index in [-0.39, 0.29) is 5.82 Å². The van der Waals surface area contributed by atoms with Gasteiger partial charge in [0.05, 0.1) is 0 Å². The minimum absolute atomic E-state index is 0.230. The van der Waals surface area contributed by atoms with Crippen LogP contribution in [0, 0.1) is 16.4 Å². The van der Waals surface area contributed by atoms with Gasteiger partial charge in [-0.15, -0.1) is 0 Å². The number of rotatable bonds is 11. The lowest BCUT2D eigenvalue weighted by Crippen LogP contribution is -2.13. The van der Waals surface area contributed by atoms with Gasteiger partial charge >= 0.3 is 0 Å². The maximum atomic E-state index is 15.3. The number of hydrogen-bond donors (Lipinski definition) is 0. The summed E-state index contributed by atoms with van der Waals surface area (Å²) in [5.74, 6) is 1.27. The molecule has 0 N–H and O–H groups in total. The monoisotopic (exact) mass is 480 g/mol. The Balaban J connectivity index is 1.51. The summed E-state index contributed by atoms with van der Waals surface area (Å²) < 4.78 is 21.7. The van der Waals surface area contributed by atoms with Crippen LogP contribution in [0.3, 0.4) is 0 Å². The molecule has 0 spiro atoms. The summed E-state index contributed by atoms with van der Waals surface area (Å²) in [6, 6.07) is 10.6. The second-order valence-corrected chi connectivity index (χ2v) is 10.9. The van der Waals surface area contributed by atoms with Crippen LogP contribution in [0.25, 0.3) is 21.7 Å². The van der Waals surface area contributed by atoms with Gasteiger partial charge in [0, 0.05) is 10.8 Å². The van der Waals surface area contributed by atoms with Crippen molar-refractivity contribution in [2.75, 3.05) is 0 Å². The van der Waals surface area contributed by atoms with Gasteiger partial charge in [0.25, 0.3) is 0 Å². The summed E-state index contributed by atoms with van der Waals surface area (Å²) in [6.07, 6.45) is 17.3. The predicted octanol–water partition coefficient (Wildman–Crippen LogP) is 10.8. The maximum absolute atomic E-state index is 15.3. The van der Waals surface area contributed by atoms with Gasteiger partial charge in [-0.1, -0.05) is 89.5 Å². The highest BCUT2D eigenvalue weighted by atomic mass is 32.1. The van der Waals surface area contributed by atoms with Gasteiger partial charge in [-0.2, -0.15) is 0 Å². The number of hydrogen-bond acceptors (Lipinski definition) is 2. The van der Waals surface area contributed by atoms with Crippen molar-refractivity contribution in [3.05, 3.63) is 52.0 Å². The molecule has 1 aromatic heterocycles. The first kappa shape index (κ1) is 25.4. The highest BCUT2D eigenvalue weighted by Gasteiger charge is 2.23. The van der Waals surface area contributed by atoms with Gasteiger partial charge in [0.2, 0.25) is 0 Å². The standard InChI is InChI=1S/C31H41FOS/c1-3-5-7-8-10-12-24-17-20-27-26-19-18-25(21-28(26)31(34)33-30(27)29(24)32)23-15-13-22(14-16-23)11-9-6-4-2/h17-23H,3-16H2,1-2H3. The largest absolute Gasteiger partial charge is 0.441 e. The van der Waals surface area contributed by atoms with E-state index in [0.717, 1.165) is 46.9 Å². The molecule has 1 heterocycles. The van der Waals surface area contributed by atoms with Gasteiger partial charge in [-0.05, 0) is 85.2 Å². The highest BCUT2D eigenvalue weighted by Crippen LogP contribution is 2.39. The first-order valence-electron chi connectivity index (χ1n) is 13.8. The Morgan fingerprint density at radius 1 is 0.824 bits per heavy atom. The third-order valence-corrected chi connectivity index (χ3v) is 8.31. The number of halogens is 1. The lowest BCUT2D eigenvalue weighted by Gasteiger charge is -2.29. The van der Waals surface area contributed by atoms with Crippen molar-refractivity contribution in [3.63, 3.8) is 0 Å². The average Bonchev–Trinajstić information content (AvgIpc) is 2.86. The first-order chi connectivity index (χ1) is 16.6. The second-order valence-electron chi connectivity index (χ2n) is 10.5. The van der Waals surface area contributed by atoms with E-state index in [2.05, 4.69) is 32.0 Å². The Morgan fingerprint density at radius 2 is 1.53 bits per heavy atom. The third kappa shape index (κ3) is 5.90. The highest BCUT2D eigenvalue weighted by molar-refractivity contribution is 7.71. The molecule has 4 rings (SSSR count). The van der Waals surface area contributed by atoms with Crippen LogP contribution >= 0.6 is 12.2 Å². The normalized spacial score (nSPS) is 18.7. The Bertz CT molecular complexity index is 1140. The minimum Gasteiger partial charge on any atom is -0.441 e. The van der Waals surface area contributed by atoms with E-state index >= 15 is 4.39 Å². The summed E-state index contributed by atoms with van der Waals surface area (Å²) >= 11 is 5.63. The van der Waals surface area contributed by atoms with Crippen LogP contribution in [0.2, 0.25) is 0 Å². The van der Waals surface area contributed by atoms with Crippen LogP contribution in [-0.4, -0.2) is 0 Å². The summed E-state index contributed by atoms with van der Waals surface area (Å²) in [5, 5.41) is 2.80. The molecule has 0 aliphatic heterocycles. The fraction of sp³-hybridized carbons (Fsp3) is 0.581. The maximum Gasteiger partial charge on any atom is 0.198 e. The number of unbranched alkanes of at least 4 members (excludes halogenated alkanes) is 6. The molecule has 1 saturated carbocycles. The summed E-state index contributed by atoms with van der Waals surface area (Å²) in [5.41, 5.74) is 2.43. The molecule has 1 fully saturated rings. The van der Waals surface area contributed by atoms with E-state index in [1.807, 2.05) is 12.1 Å². The smallest absolute Gasteiger partial charge is 0.198 e. The molecule has 1 aliphatic rings. The molecule has 0 bridgehead atoms. The molecule has 184 valence electrons. The van der Waals surface area contributed by atoms with Crippen molar-refractivity contribution in [1.82, 2.24) is 0 Å². The second kappa shape index (κ2) is 12.3. The topological polar surface area (TPSA) is 13.1 Å². The zero-order chi connectivity index (χ0) is 23.9. The fourth-order valence-electron chi connectivity index (χ4n) is 5.86. The molecule has 0 unspecified atom stereocenters. The van der Waals surface area contributed by atoms with Crippen molar-refractivity contribution in [3.8, 4) is 0 Å². The quantitative estimate of drug-likeness (QED) is 0.154. The first-order valence-corrected chi connectivity index (χ1v) is 14.2. The third-order valence-electron chi connectivity index (χ3n) is 8.01. The molecule has 1 aliphatic carbocycles. The zero-order valence-corrected chi connectivity index (χ0v) is 22.0. The van der Waals surface area contributed by atoms with E-state index < -0.39 is 0 Å². The number of benzene rings is 2. The van der Waals surface area contributed by atoms with Crippen LogP contribution < -0.4 is 0 Å². The summed E-state index contributed by atoms with van der Waals surface area (Å²) in [7, 11) is 0. The van der Waals surface area contributed by atoms with Crippen LogP contribution in [0.4, 0.5) is 4.39 Å². The SMILES string of the molecule is CCCCCCCc1ccc2c(oc(=S)c3cc(C4CCC(CCCCC)CC4)ccc32)c1F. The zero-order valence-electron chi connectivity index (χ0n) is 21.1. The lowest BCUT2D eigenvalue weighted by molar-refractivity contribution is 0.303. The van der Waals surface area contributed by atoms with Gasteiger partial charge in [-0.25, -0.2) is 4.39 Å². The molecule has 0 saturated heterocycles. The predicted molar refractivity (Wildman–Crippen MR) is 146 cm³/mol. The van der Waals surface area contributed by atoms with E-state index in [1.54, 1.807) is 0 Å². The summed E-state index contributed by atoms with van der Waals surface area (Å²) in [6.45, 7) is 4.49. The Hall–Kier alpha value is -1.74. The fourth-order valence-corrected chi connectivity index (χ4v) is 6.11. The average molecular weight is 481 g/mol. The van der Waals surface area contributed by atoms with Crippen molar-refractivity contribution < 1.29 is 8.81 Å². The van der Waals surface area contributed by atoms with Crippen molar-refractivity contribution in [2.24, 2.45) is 5.92 Å². The van der Waals surface area contributed by atoms with E-state index in [4.69, 9.17) is 16.6 Å². The molecule has 0 radical (unpaired) electrons. The molecule has 2 aromatic carbocycles. The molecular weight excluding hydrogens is 439 g/mol. The van der Waals surface area contributed by atoms with Crippen molar-refractivity contribution in [1.29, 1.82) is 0 Å². The Morgan fingerprint density at radius 3 is 2.29 bits per heavy atom. The van der Waals surface area contributed by atoms with Crippen LogP contribution in [0.5, 0.6) is 0 Å². The van der Waals surface area contributed by atoms with Gasteiger partial charge in [0.15, 0.2) is 16.1 Å². The molecule has 0 amide bonds. The molecule has 3 heteroatoms. The number of fused-ring (bicyclic) bond motifs is 3. The van der Waals surface area contributed by atoms with Crippen molar-refractivity contribution in [2.45, 2.75) is 110 Å². The van der Waals surface area contributed by atoms with Crippen LogP contribution in [0.1, 0.15) is 114 Å². The Labute approximate surface area is 210 Å². The van der Waals surface area contributed by atoms with E-state index in [9.17, 15) is 0 Å². The number of aryl methyl sites for hydroxylation is 1. The van der Waals surface area contributed by atoms with Gasteiger partial charge < -0.3 is 4.42 Å². The van der Waals surface area contributed by atoms with Gasteiger partial charge in [0.1, 0.15) is 0 Å². The Kier molecular flexibility index (Phi) is 9.17. The molecule has 1 nitrogen and oxygen atoms in total. The molecule has 0 atom stereocenters. The van der Waals surface area contributed by atoms with E-state index in [1.165, 1.54) is 76.2 Å². The minimum atomic E-state index is -0.230. The lowest BCUT2D eigenvalue weighted by atomic mass is 9.77. The molecule has 3 aromatic rings. The molecular formula is C31H41FOS. The van der Waals surface area contributed by atoms with E-state index in [0.29, 0.717) is 16.2 Å². The summed E-state index contributed by atoms with van der Waals surface area (Å²) in [4.78, 5) is 0. The van der Waals surface area contributed by atoms with Gasteiger partial charge in [-0.3, -0.25) is 0 Å². The molecule has 34 heavy (non-hydrogen) atoms. The van der Waals surface area contributed by atoms with Crippen LogP contribution in [-0.2, 0) is 6.42 Å². The van der Waals surface area contributed by atoms with Crippen LogP contribution in [0.15, 0.2) is 34.7 Å².